The van der Waals surface area contributed by atoms with E-state index in [0.29, 0.717) is 0 Å². The zero-order chi connectivity index (χ0) is 9.40. The summed E-state index contributed by atoms with van der Waals surface area (Å²) in [7, 11) is 0. The van der Waals surface area contributed by atoms with E-state index in [4.69, 9.17) is 10.8 Å². The SMILES string of the molecule is C=C/C=C\C(=C)CCC(N)CO. The number of nitrogens with two attached hydrogens (primary N) is 1. The molecular formula is C10H17NO. The molecular weight excluding hydrogens is 150 g/mol. The first-order valence-electron chi connectivity index (χ1n) is 4.04. The molecule has 0 aliphatic carbocycles. The summed E-state index contributed by atoms with van der Waals surface area (Å²) in [5.74, 6) is 0. The van der Waals surface area contributed by atoms with Gasteiger partial charge in [-0.1, -0.05) is 37.0 Å². The van der Waals surface area contributed by atoms with E-state index < -0.39 is 0 Å². The van der Waals surface area contributed by atoms with E-state index >= 15 is 0 Å². The second kappa shape index (κ2) is 6.83. The summed E-state index contributed by atoms with van der Waals surface area (Å²) in [4.78, 5) is 0. The summed E-state index contributed by atoms with van der Waals surface area (Å²) in [5, 5.41) is 8.63. The Labute approximate surface area is 74.1 Å². The minimum absolute atomic E-state index is 0.0401. The first-order valence-corrected chi connectivity index (χ1v) is 4.04. The molecule has 0 saturated carbocycles. The van der Waals surface area contributed by atoms with Crippen LogP contribution < -0.4 is 5.73 Å². The van der Waals surface area contributed by atoms with E-state index in [2.05, 4.69) is 13.2 Å². The number of hydrogen-bond acceptors (Lipinski definition) is 2. The first kappa shape index (κ1) is 11.1. The van der Waals surface area contributed by atoms with Crippen molar-refractivity contribution < 1.29 is 5.11 Å². The molecule has 0 heterocycles. The Hall–Kier alpha value is -0.860. The molecule has 2 nitrogen and oxygen atoms in total. The third-order valence-corrected chi connectivity index (χ3v) is 1.54. The van der Waals surface area contributed by atoms with Crippen LogP contribution in [0.15, 0.2) is 37.0 Å². The van der Waals surface area contributed by atoms with Gasteiger partial charge in [-0.3, -0.25) is 0 Å². The van der Waals surface area contributed by atoms with Gasteiger partial charge in [0.2, 0.25) is 0 Å². The highest BCUT2D eigenvalue weighted by molar-refractivity contribution is 5.17. The molecule has 0 saturated heterocycles. The van der Waals surface area contributed by atoms with Crippen molar-refractivity contribution in [1.82, 2.24) is 0 Å². The number of hydrogen-bond donors (Lipinski definition) is 2. The average Bonchev–Trinajstić information content (AvgIpc) is 2.10. The average molecular weight is 167 g/mol. The molecule has 12 heavy (non-hydrogen) atoms. The maximum Gasteiger partial charge on any atom is 0.0582 e. The fraction of sp³-hybridized carbons (Fsp3) is 0.400. The van der Waals surface area contributed by atoms with Crippen LogP contribution in [0, 0.1) is 0 Å². The lowest BCUT2D eigenvalue weighted by molar-refractivity contribution is 0.260. The minimum atomic E-state index is -0.126. The minimum Gasteiger partial charge on any atom is -0.395 e. The maximum atomic E-state index is 8.63. The smallest absolute Gasteiger partial charge is 0.0582 e. The fourth-order valence-corrected chi connectivity index (χ4v) is 0.750. The van der Waals surface area contributed by atoms with E-state index in [1.54, 1.807) is 6.08 Å². The van der Waals surface area contributed by atoms with Gasteiger partial charge in [-0.15, -0.1) is 0 Å². The van der Waals surface area contributed by atoms with Gasteiger partial charge in [0.15, 0.2) is 0 Å². The normalized spacial score (nSPS) is 13.2. The highest BCUT2D eigenvalue weighted by Crippen LogP contribution is 2.05. The predicted molar refractivity (Wildman–Crippen MR) is 52.8 cm³/mol. The van der Waals surface area contributed by atoms with Crippen LogP contribution in [-0.2, 0) is 0 Å². The topological polar surface area (TPSA) is 46.2 Å². The van der Waals surface area contributed by atoms with Crippen molar-refractivity contribution in [3.63, 3.8) is 0 Å². The van der Waals surface area contributed by atoms with Crippen molar-refractivity contribution in [2.45, 2.75) is 18.9 Å². The van der Waals surface area contributed by atoms with Crippen molar-refractivity contribution in [2.75, 3.05) is 6.61 Å². The van der Waals surface area contributed by atoms with Crippen molar-refractivity contribution in [1.29, 1.82) is 0 Å². The lowest BCUT2D eigenvalue weighted by Crippen LogP contribution is -2.23. The molecule has 0 aromatic carbocycles. The van der Waals surface area contributed by atoms with Gasteiger partial charge >= 0.3 is 0 Å². The van der Waals surface area contributed by atoms with Crippen LogP contribution in [0.3, 0.4) is 0 Å². The van der Waals surface area contributed by atoms with Crippen molar-refractivity contribution in [3.05, 3.63) is 37.0 Å². The molecule has 0 aliphatic rings. The summed E-state index contributed by atoms with van der Waals surface area (Å²) in [6.45, 7) is 7.42. The Kier molecular flexibility index (Phi) is 6.34. The van der Waals surface area contributed by atoms with Gasteiger partial charge in [0, 0.05) is 6.04 Å². The number of allylic oxidation sites excluding steroid dienone is 4. The first-order chi connectivity index (χ1) is 5.70. The van der Waals surface area contributed by atoms with Crippen molar-refractivity contribution in [3.8, 4) is 0 Å². The molecule has 0 aromatic heterocycles. The van der Waals surface area contributed by atoms with Crippen LogP contribution in [0.5, 0.6) is 0 Å². The van der Waals surface area contributed by atoms with Crippen LogP contribution in [0.4, 0.5) is 0 Å². The van der Waals surface area contributed by atoms with Crippen LogP contribution in [-0.4, -0.2) is 17.8 Å². The van der Waals surface area contributed by atoms with E-state index in [1.165, 1.54) is 0 Å². The van der Waals surface area contributed by atoms with Gasteiger partial charge in [0.05, 0.1) is 6.61 Å². The molecule has 1 unspecified atom stereocenters. The lowest BCUT2D eigenvalue weighted by Gasteiger charge is -2.06. The van der Waals surface area contributed by atoms with Gasteiger partial charge in [0.25, 0.3) is 0 Å². The van der Waals surface area contributed by atoms with E-state index in [-0.39, 0.29) is 12.6 Å². The Bertz CT molecular complexity index is 173. The van der Waals surface area contributed by atoms with Gasteiger partial charge in [-0.25, -0.2) is 0 Å². The Morgan fingerprint density at radius 3 is 2.75 bits per heavy atom. The molecule has 0 amide bonds. The molecule has 0 spiro atoms. The second-order valence-electron chi connectivity index (χ2n) is 2.73. The van der Waals surface area contributed by atoms with Crippen LogP contribution in [0.2, 0.25) is 0 Å². The van der Waals surface area contributed by atoms with E-state index in [9.17, 15) is 0 Å². The Morgan fingerprint density at radius 1 is 1.58 bits per heavy atom. The summed E-state index contributed by atoms with van der Waals surface area (Å²) in [6.07, 6.45) is 7.05. The van der Waals surface area contributed by atoms with Gasteiger partial charge in [-0.2, -0.15) is 0 Å². The fourth-order valence-electron chi connectivity index (χ4n) is 0.750. The predicted octanol–water partition coefficient (Wildman–Crippen LogP) is 1.38. The van der Waals surface area contributed by atoms with Crippen molar-refractivity contribution >= 4 is 0 Å². The Morgan fingerprint density at radius 2 is 2.25 bits per heavy atom. The number of aliphatic hydroxyl groups excluding tert-OH is 1. The lowest BCUT2D eigenvalue weighted by atomic mass is 10.1. The van der Waals surface area contributed by atoms with E-state index in [0.717, 1.165) is 18.4 Å². The molecule has 0 fully saturated rings. The second-order valence-corrected chi connectivity index (χ2v) is 2.73. The molecule has 1 atom stereocenters. The van der Waals surface area contributed by atoms with Crippen LogP contribution in [0.1, 0.15) is 12.8 Å². The molecule has 0 bridgehead atoms. The summed E-state index contributed by atoms with van der Waals surface area (Å²) in [6, 6.07) is -0.126. The Balaban J connectivity index is 3.56. The molecule has 2 heteroatoms. The number of rotatable bonds is 6. The summed E-state index contributed by atoms with van der Waals surface area (Å²) in [5.41, 5.74) is 6.53. The third kappa shape index (κ3) is 5.89. The summed E-state index contributed by atoms with van der Waals surface area (Å²) < 4.78 is 0. The standard InChI is InChI=1S/C10H17NO/c1-3-4-5-9(2)6-7-10(11)8-12/h3-5,10,12H,1-2,6-8,11H2/b5-4-. The molecule has 0 radical (unpaired) electrons. The van der Waals surface area contributed by atoms with Crippen molar-refractivity contribution in [2.24, 2.45) is 5.73 Å². The van der Waals surface area contributed by atoms with Gasteiger partial charge < -0.3 is 10.8 Å². The van der Waals surface area contributed by atoms with Gasteiger partial charge in [-0.05, 0) is 12.8 Å². The van der Waals surface area contributed by atoms with Crippen LogP contribution >= 0.6 is 0 Å². The molecule has 3 N–H and O–H groups in total. The van der Waals surface area contributed by atoms with Gasteiger partial charge in [0.1, 0.15) is 0 Å². The van der Waals surface area contributed by atoms with E-state index in [1.807, 2.05) is 12.2 Å². The monoisotopic (exact) mass is 167 g/mol. The highest BCUT2D eigenvalue weighted by Gasteiger charge is 1.99. The zero-order valence-electron chi connectivity index (χ0n) is 7.37. The number of aliphatic hydroxyl groups is 1. The quantitative estimate of drug-likeness (QED) is 0.587. The molecule has 68 valence electrons. The molecule has 0 aliphatic heterocycles. The zero-order valence-corrected chi connectivity index (χ0v) is 7.37. The highest BCUT2D eigenvalue weighted by atomic mass is 16.3. The molecule has 0 rings (SSSR count). The largest absolute Gasteiger partial charge is 0.395 e. The third-order valence-electron chi connectivity index (χ3n) is 1.54. The summed E-state index contributed by atoms with van der Waals surface area (Å²) >= 11 is 0. The maximum absolute atomic E-state index is 8.63. The molecule has 0 aromatic rings. The van der Waals surface area contributed by atoms with Crippen LogP contribution in [0.25, 0.3) is 0 Å².